The van der Waals surface area contributed by atoms with Crippen molar-refractivity contribution in [3.05, 3.63) is 22.6 Å². The van der Waals surface area contributed by atoms with Crippen LogP contribution in [0.25, 0.3) is 0 Å². The van der Waals surface area contributed by atoms with Gasteiger partial charge in [-0.15, -0.1) is 0 Å². The minimum atomic E-state index is -0.329. The van der Waals surface area contributed by atoms with Gasteiger partial charge < -0.3 is 19.2 Å². The predicted molar refractivity (Wildman–Crippen MR) is 75.4 cm³/mol. The summed E-state index contributed by atoms with van der Waals surface area (Å²) in [5.41, 5.74) is 0.532. The van der Waals surface area contributed by atoms with Crippen LogP contribution in [-0.2, 0) is 4.74 Å². The Morgan fingerprint density at radius 2 is 2.30 bits per heavy atom. The van der Waals surface area contributed by atoms with E-state index in [1.165, 1.54) is 6.26 Å². The van der Waals surface area contributed by atoms with Crippen molar-refractivity contribution in [1.82, 2.24) is 4.90 Å². The number of morpholine rings is 1. The summed E-state index contributed by atoms with van der Waals surface area (Å²) in [6.45, 7) is 1.60. The molecule has 1 aromatic heterocycles. The van der Waals surface area contributed by atoms with E-state index in [0.717, 1.165) is 19.3 Å². The van der Waals surface area contributed by atoms with Crippen molar-refractivity contribution in [2.24, 2.45) is 5.92 Å². The minimum Gasteiger partial charge on any atom is -0.457 e. The number of carbonyl (C=O) groups is 1. The van der Waals surface area contributed by atoms with Gasteiger partial charge in [-0.25, -0.2) is 0 Å². The third-order valence-corrected chi connectivity index (χ3v) is 4.91. The van der Waals surface area contributed by atoms with Crippen LogP contribution < -0.4 is 0 Å². The van der Waals surface area contributed by atoms with Gasteiger partial charge in [0.05, 0.1) is 37.2 Å². The zero-order valence-corrected chi connectivity index (χ0v) is 12.7. The number of aliphatic hydroxyl groups is 1. The molecule has 0 radical (unpaired) electrons. The average molecular weight is 344 g/mol. The van der Waals surface area contributed by atoms with Crippen LogP contribution in [0, 0.1) is 5.92 Å². The van der Waals surface area contributed by atoms with Crippen molar-refractivity contribution < 1.29 is 19.1 Å². The molecule has 2 fully saturated rings. The first kappa shape index (κ1) is 14.1. The molecule has 5 nitrogen and oxygen atoms in total. The number of hydrogen-bond donors (Lipinski definition) is 1. The van der Waals surface area contributed by atoms with Crippen LogP contribution in [0.1, 0.15) is 29.6 Å². The molecule has 0 aromatic carbocycles. The summed E-state index contributed by atoms with van der Waals surface area (Å²) in [4.78, 5) is 14.5. The van der Waals surface area contributed by atoms with Crippen LogP contribution in [0.5, 0.6) is 0 Å². The van der Waals surface area contributed by atoms with E-state index >= 15 is 0 Å². The summed E-state index contributed by atoms with van der Waals surface area (Å²) < 4.78 is 11.1. The molecule has 1 saturated heterocycles. The molecule has 0 bridgehead atoms. The zero-order chi connectivity index (χ0) is 14.1. The third kappa shape index (κ3) is 2.52. The summed E-state index contributed by atoms with van der Waals surface area (Å²) in [6.07, 6.45) is 3.95. The molecule has 1 aliphatic heterocycles. The highest BCUT2D eigenvalue weighted by Crippen LogP contribution is 2.33. The van der Waals surface area contributed by atoms with Gasteiger partial charge in [0.2, 0.25) is 0 Å². The molecular formula is C14H18BrNO4. The van der Waals surface area contributed by atoms with Crippen LogP contribution in [0.2, 0.25) is 0 Å². The Labute approximate surface area is 126 Å². The lowest BCUT2D eigenvalue weighted by molar-refractivity contribution is -0.0384. The van der Waals surface area contributed by atoms with Crippen LogP contribution in [0.3, 0.4) is 0 Å². The Kier molecular flexibility index (Phi) is 4.14. The SMILES string of the molecule is O=C(c1ccoc1Br)N1CCOC[C@@H]1[C@H]1CCC[C@H]1O. The van der Waals surface area contributed by atoms with Crippen molar-refractivity contribution in [2.75, 3.05) is 19.8 Å². The maximum absolute atomic E-state index is 12.7. The molecule has 1 amide bonds. The van der Waals surface area contributed by atoms with Gasteiger partial charge in [0.1, 0.15) is 0 Å². The van der Waals surface area contributed by atoms with E-state index in [9.17, 15) is 9.90 Å². The molecule has 1 N–H and O–H groups in total. The average Bonchev–Trinajstić information content (AvgIpc) is 3.06. The molecule has 110 valence electrons. The lowest BCUT2D eigenvalue weighted by Gasteiger charge is -2.40. The molecule has 1 saturated carbocycles. The number of rotatable bonds is 2. The Hall–Kier alpha value is -0.850. The summed E-state index contributed by atoms with van der Waals surface area (Å²) >= 11 is 3.25. The maximum atomic E-state index is 12.7. The summed E-state index contributed by atoms with van der Waals surface area (Å²) in [7, 11) is 0. The third-order valence-electron chi connectivity index (χ3n) is 4.30. The Bertz CT molecular complexity index is 489. The lowest BCUT2D eigenvalue weighted by atomic mass is 9.94. The molecule has 1 aliphatic carbocycles. The van der Waals surface area contributed by atoms with E-state index in [4.69, 9.17) is 9.15 Å². The molecule has 3 rings (SSSR count). The second-order valence-electron chi connectivity index (χ2n) is 5.41. The number of halogens is 1. The fourth-order valence-corrected chi connectivity index (χ4v) is 3.66. The van der Waals surface area contributed by atoms with Gasteiger partial charge in [0.25, 0.3) is 5.91 Å². The van der Waals surface area contributed by atoms with Gasteiger partial charge in [-0.2, -0.15) is 0 Å². The van der Waals surface area contributed by atoms with Crippen LogP contribution in [0.4, 0.5) is 0 Å². The molecule has 3 atom stereocenters. The van der Waals surface area contributed by atoms with Crippen molar-refractivity contribution in [1.29, 1.82) is 0 Å². The van der Waals surface area contributed by atoms with E-state index in [1.54, 1.807) is 6.07 Å². The molecule has 20 heavy (non-hydrogen) atoms. The van der Waals surface area contributed by atoms with Crippen molar-refractivity contribution >= 4 is 21.8 Å². The first-order chi connectivity index (χ1) is 9.68. The molecule has 1 aromatic rings. The van der Waals surface area contributed by atoms with Gasteiger partial charge in [0.15, 0.2) is 4.67 Å². The maximum Gasteiger partial charge on any atom is 0.258 e. The summed E-state index contributed by atoms with van der Waals surface area (Å²) in [6, 6.07) is 1.62. The molecule has 0 unspecified atom stereocenters. The summed E-state index contributed by atoms with van der Waals surface area (Å²) in [5, 5.41) is 10.1. The number of aliphatic hydroxyl groups excluding tert-OH is 1. The fraction of sp³-hybridized carbons (Fsp3) is 0.643. The smallest absolute Gasteiger partial charge is 0.258 e. The largest absolute Gasteiger partial charge is 0.457 e. The van der Waals surface area contributed by atoms with Crippen LogP contribution in [-0.4, -0.2) is 47.8 Å². The Balaban J connectivity index is 1.82. The van der Waals surface area contributed by atoms with E-state index in [1.807, 2.05) is 4.90 Å². The van der Waals surface area contributed by atoms with Crippen molar-refractivity contribution in [2.45, 2.75) is 31.4 Å². The Morgan fingerprint density at radius 1 is 1.45 bits per heavy atom. The fourth-order valence-electron chi connectivity index (χ4n) is 3.25. The second kappa shape index (κ2) is 5.87. The number of amides is 1. The molecule has 2 heterocycles. The zero-order valence-electron chi connectivity index (χ0n) is 11.1. The predicted octanol–water partition coefficient (Wildman–Crippen LogP) is 2.04. The van der Waals surface area contributed by atoms with Crippen LogP contribution >= 0.6 is 15.9 Å². The summed E-state index contributed by atoms with van der Waals surface area (Å²) in [5.74, 6) is 0.0583. The molecule has 6 heteroatoms. The van der Waals surface area contributed by atoms with Gasteiger partial charge >= 0.3 is 0 Å². The number of furan rings is 1. The number of nitrogens with zero attached hydrogens (tertiary/aromatic N) is 1. The van der Waals surface area contributed by atoms with E-state index in [-0.39, 0.29) is 24.0 Å². The standard InChI is InChI=1S/C14H18BrNO4/c15-13-10(4-6-20-13)14(18)16-5-7-19-8-11(16)9-2-1-3-12(9)17/h4,6,9,11-12,17H,1-3,5,7-8H2/t9-,11-,12-/m1/s1. The number of carbonyl (C=O) groups excluding carboxylic acids is 1. The van der Waals surface area contributed by atoms with Crippen molar-refractivity contribution in [3.8, 4) is 0 Å². The van der Waals surface area contributed by atoms with E-state index in [2.05, 4.69) is 15.9 Å². The first-order valence-corrected chi connectivity index (χ1v) is 7.77. The highest BCUT2D eigenvalue weighted by atomic mass is 79.9. The molecule has 2 aliphatic rings. The Morgan fingerprint density at radius 3 is 2.95 bits per heavy atom. The van der Waals surface area contributed by atoms with Gasteiger partial charge in [-0.3, -0.25) is 4.79 Å². The minimum absolute atomic E-state index is 0.0458. The lowest BCUT2D eigenvalue weighted by Crippen LogP contribution is -2.53. The number of ether oxygens (including phenoxy) is 1. The van der Waals surface area contributed by atoms with Gasteiger partial charge in [-0.05, 0) is 34.8 Å². The van der Waals surface area contributed by atoms with Gasteiger partial charge in [0, 0.05) is 12.5 Å². The normalized spacial score (nSPS) is 30.7. The van der Waals surface area contributed by atoms with E-state index < -0.39 is 0 Å². The first-order valence-electron chi connectivity index (χ1n) is 6.98. The quantitative estimate of drug-likeness (QED) is 0.892. The highest BCUT2D eigenvalue weighted by Gasteiger charge is 2.40. The highest BCUT2D eigenvalue weighted by molar-refractivity contribution is 9.10. The van der Waals surface area contributed by atoms with Crippen LogP contribution in [0.15, 0.2) is 21.4 Å². The number of hydrogen-bond acceptors (Lipinski definition) is 4. The van der Waals surface area contributed by atoms with E-state index in [0.29, 0.717) is 30.0 Å². The van der Waals surface area contributed by atoms with Gasteiger partial charge in [-0.1, -0.05) is 6.42 Å². The topological polar surface area (TPSA) is 62.9 Å². The molecular weight excluding hydrogens is 326 g/mol. The second-order valence-corrected chi connectivity index (χ2v) is 6.13. The monoisotopic (exact) mass is 343 g/mol. The molecule has 0 spiro atoms. The van der Waals surface area contributed by atoms with Crippen molar-refractivity contribution in [3.63, 3.8) is 0 Å².